The number of hydrogen-bond donors (Lipinski definition) is 5. The number of aliphatic hydroxyl groups is 5. The quantitative estimate of drug-likeness (QED) is 0.230. The molecule has 0 radical (unpaired) electrons. The number of esters is 1. The van der Waals surface area contributed by atoms with Gasteiger partial charge in [0.2, 0.25) is 11.6 Å². The van der Waals surface area contributed by atoms with Crippen LogP contribution in [0.2, 0.25) is 0 Å². The van der Waals surface area contributed by atoms with Crippen LogP contribution in [0.25, 0.3) is 0 Å². The van der Waals surface area contributed by atoms with Gasteiger partial charge in [-0.05, 0) is 30.9 Å². The molecule has 5 rings (SSSR count). The normalized spacial score (nSPS) is 58.3. The van der Waals surface area contributed by atoms with Crippen molar-refractivity contribution in [2.45, 2.75) is 56.1 Å². The Labute approximate surface area is 166 Å². The number of aliphatic hydroxyl groups excluding tert-OH is 3. The lowest BCUT2D eigenvalue weighted by Crippen LogP contribution is -2.87. The summed E-state index contributed by atoms with van der Waals surface area (Å²) in [6.07, 6.45) is -4.88. The van der Waals surface area contributed by atoms with Crippen LogP contribution in [0, 0.1) is 22.7 Å². The second-order valence-electron chi connectivity index (χ2n) is 9.33. The SMILES string of the molecule is C=C1[C@@H](O)[C@H](O)[C@@H]2[C@]3(C)[C@H]4C[C@H]5OC(=O)[C@H](O)[C@]1(O)[C@@]25CO[C@@]3(O)C(=O)C=C4C. The third kappa shape index (κ3) is 1.65. The van der Waals surface area contributed by atoms with Gasteiger partial charge in [0.25, 0.3) is 0 Å². The van der Waals surface area contributed by atoms with Crippen LogP contribution in [0.5, 0.6) is 0 Å². The van der Waals surface area contributed by atoms with Crippen molar-refractivity contribution in [3.63, 3.8) is 0 Å². The molecule has 158 valence electrons. The minimum absolute atomic E-state index is 0.144. The first-order valence-corrected chi connectivity index (χ1v) is 9.64. The zero-order chi connectivity index (χ0) is 21.3. The smallest absolute Gasteiger partial charge is 0.338 e. The Hall–Kier alpha value is -1.62. The third-order valence-electron chi connectivity index (χ3n) is 8.54. The Bertz CT molecular complexity index is 896. The number of carbonyl (C=O) groups excluding carboxylic acids is 2. The Balaban J connectivity index is 1.86. The Kier molecular flexibility index (Phi) is 3.44. The molecule has 9 nitrogen and oxygen atoms in total. The van der Waals surface area contributed by atoms with Crippen LogP contribution >= 0.6 is 0 Å². The number of rotatable bonds is 0. The number of allylic oxidation sites excluding steroid dienone is 1. The maximum Gasteiger partial charge on any atom is 0.338 e. The van der Waals surface area contributed by atoms with E-state index in [-0.39, 0.29) is 12.0 Å². The number of carbonyl (C=O) groups is 2. The molecule has 1 spiro atoms. The fourth-order valence-corrected chi connectivity index (χ4v) is 7.15. The highest BCUT2D eigenvalue weighted by Crippen LogP contribution is 2.73. The van der Waals surface area contributed by atoms with E-state index in [1.54, 1.807) is 13.8 Å². The molecule has 2 heterocycles. The molecule has 0 aromatic rings. The molecule has 4 fully saturated rings. The second-order valence-corrected chi connectivity index (χ2v) is 9.33. The van der Waals surface area contributed by atoms with Crippen LogP contribution in [0.4, 0.5) is 0 Å². The van der Waals surface area contributed by atoms with Crippen molar-refractivity contribution < 1.29 is 44.6 Å². The lowest BCUT2D eigenvalue weighted by atomic mass is 9.35. The van der Waals surface area contributed by atoms with Crippen molar-refractivity contribution in [1.29, 1.82) is 0 Å². The molecule has 0 aromatic heterocycles. The highest BCUT2D eigenvalue weighted by atomic mass is 16.6. The number of ether oxygens (including phenoxy) is 2. The standard InChI is InChI=1S/C20H24O9/c1-7-4-10(21)20(27)17(3)9(7)5-11-18(6-28-20)14(17)13(23)12(22)8(2)19(18,26)15(24)16(25)29-11/h4,9,11-15,22-24,26-27H,2,5-6H2,1,3H3/t9-,11+,12+,13-,14+,15-,17-,18+,19-,20-/m0/s1. The van der Waals surface area contributed by atoms with E-state index in [4.69, 9.17) is 9.47 Å². The molecule has 0 amide bonds. The number of ketones is 1. The first-order valence-electron chi connectivity index (χ1n) is 9.64. The fourth-order valence-electron chi connectivity index (χ4n) is 7.15. The van der Waals surface area contributed by atoms with E-state index in [9.17, 15) is 35.1 Å². The molecule has 2 saturated heterocycles. The summed E-state index contributed by atoms with van der Waals surface area (Å²) in [6.45, 7) is 6.46. The predicted molar refractivity (Wildman–Crippen MR) is 93.8 cm³/mol. The largest absolute Gasteiger partial charge is 0.460 e. The summed E-state index contributed by atoms with van der Waals surface area (Å²) in [5, 5.41) is 55.5. The second kappa shape index (κ2) is 5.16. The van der Waals surface area contributed by atoms with Crippen molar-refractivity contribution in [2.24, 2.45) is 22.7 Å². The lowest BCUT2D eigenvalue weighted by molar-refractivity contribution is -0.417. The molecule has 9 heteroatoms. The zero-order valence-electron chi connectivity index (χ0n) is 16.0. The first-order chi connectivity index (χ1) is 13.4. The van der Waals surface area contributed by atoms with Gasteiger partial charge in [0.05, 0.1) is 18.1 Å². The van der Waals surface area contributed by atoms with Gasteiger partial charge in [-0.25, -0.2) is 4.79 Å². The Morgan fingerprint density at radius 3 is 2.52 bits per heavy atom. The summed E-state index contributed by atoms with van der Waals surface area (Å²) in [6, 6.07) is 0. The van der Waals surface area contributed by atoms with Crippen molar-refractivity contribution in [2.75, 3.05) is 6.61 Å². The molecule has 0 aromatic carbocycles. The molecule has 29 heavy (non-hydrogen) atoms. The zero-order valence-corrected chi connectivity index (χ0v) is 16.0. The highest BCUT2D eigenvalue weighted by Gasteiger charge is 2.85. The summed E-state index contributed by atoms with van der Waals surface area (Å²) in [7, 11) is 0. The van der Waals surface area contributed by atoms with E-state index in [0.717, 1.165) is 0 Å². The van der Waals surface area contributed by atoms with Gasteiger partial charge in [-0.1, -0.05) is 19.1 Å². The van der Waals surface area contributed by atoms with Crippen molar-refractivity contribution in [3.8, 4) is 0 Å². The summed E-state index contributed by atoms with van der Waals surface area (Å²) in [5.41, 5.74) is -5.15. The topological polar surface area (TPSA) is 154 Å². The molecule has 2 bridgehead atoms. The van der Waals surface area contributed by atoms with Crippen LogP contribution in [0.1, 0.15) is 20.3 Å². The molecule has 5 aliphatic rings. The van der Waals surface area contributed by atoms with E-state index >= 15 is 0 Å². The minimum Gasteiger partial charge on any atom is -0.460 e. The molecule has 10 atom stereocenters. The van der Waals surface area contributed by atoms with Crippen LogP contribution in [0.3, 0.4) is 0 Å². The van der Waals surface area contributed by atoms with Crippen LogP contribution in [0.15, 0.2) is 23.8 Å². The van der Waals surface area contributed by atoms with Crippen molar-refractivity contribution in [1.82, 2.24) is 0 Å². The van der Waals surface area contributed by atoms with E-state index in [1.807, 2.05) is 0 Å². The molecule has 5 N–H and O–H groups in total. The Morgan fingerprint density at radius 1 is 1.21 bits per heavy atom. The summed E-state index contributed by atoms with van der Waals surface area (Å²) >= 11 is 0. The van der Waals surface area contributed by atoms with Gasteiger partial charge in [-0.3, -0.25) is 4.79 Å². The highest BCUT2D eigenvalue weighted by molar-refractivity contribution is 5.98. The lowest BCUT2D eigenvalue weighted by Gasteiger charge is -2.75. The molecule has 2 aliphatic heterocycles. The maximum atomic E-state index is 12.8. The predicted octanol–water partition coefficient (Wildman–Crippen LogP) is -1.83. The van der Waals surface area contributed by atoms with E-state index in [2.05, 4.69) is 6.58 Å². The van der Waals surface area contributed by atoms with Gasteiger partial charge in [0.15, 0.2) is 6.10 Å². The maximum absolute atomic E-state index is 12.8. The average molecular weight is 408 g/mol. The summed E-state index contributed by atoms with van der Waals surface area (Å²) < 4.78 is 11.2. The monoisotopic (exact) mass is 408 g/mol. The van der Waals surface area contributed by atoms with E-state index in [1.165, 1.54) is 6.08 Å². The molecular formula is C20H24O9. The minimum atomic E-state index is -2.37. The van der Waals surface area contributed by atoms with Crippen LogP contribution in [-0.2, 0) is 19.1 Å². The van der Waals surface area contributed by atoms with Gasteiger partial charge in [0.1, 0.15) is 17.8 Å². The van der Waals surface area contributed by atoms with E-state index in [0.29, 0.717) is 5.57 Å². The van der Waals surface area contributed by atoms with Gasteiger partial charge in [-0.2, -0.15) is 0 Å². The Morgan fingerprint density at radius 2 is 1.86 bits per heavy atom. The van der Waals surface area contributed by atoms with Gasteiger partial charge in [0, 0.05) is 11.3 Å². The van der Waals surface area contributed by atoms with Crippen LogP contribution < -0.4 is 0 Å². The fraction of sp³-hybridized carbons (Fsp3) is 0.700. The van der Waals surface area contributed by atoms with E-state index < -0.39 is 76.8 Å². The third-order valence-corrected chi connectivity index (χ3v) is 8.54. The van der Waals surface area contributed by atoms with Crippen molar-refractivity contribution >= 4 is 11.8 Å². The molecular weight excluding hydrogens is 384 g/mol. The van der Waals surface area contributed by atoms with Gasteiger partial charge < -0.3 is 35.0 Å². The summed E-state index contributed by atoms with van der Waals surface area (Å²) in [5.74, 6) is -5.74. The first kappa shape index (κ1) is 19.3. The van der Waals surface area contributed by atoms with Gasteiger partial charge in [-0.15, -0.1) is 0 Å². The summed E-state index contributed by atoms with van der Waals surface area (Å²) in [4.78, 5) is 25.2. The molecule has 2 saturated carbocycles. The van der Waals surface area contributed by atoms with Gasteiger partial charge >= 0.3 is 5.97 Å². The number of hydrogen-bond acceptors (Lipinski definition) is 9. The molecule has 0 unspecified atom stereocenters. The van der Waals surface area contributed by atoms with Crippen LogP contribution in [-0.4, -0.2) is 79.7 Å². The van der Waals surface area contributed by atoms with Crippen molar-refractivity contribution in [3.05, 3.63) is 23.8 Å². The molecule has 3 aliphatic carbocycles. The average Bonchev–Trinajstić information content (AvgIpc) is 2.66.